The van der Waals surface area contributed by atoms with Gasteiger partial charge < -0.3 is 15.0 Å². The lowest BCUT2D eigenvalue weighted by Crippen LogP contribution is -2.54. The van der Waals surface area contributed by atoms with Crippen molar-refractivity contribution in [2.24, 2.45) is 0 Å². The first kappa shape index (κ1) is 10.9. The van der Waals surface area contributed by atoms with Gasteiger partial charge in [-0.1, -0.05) is 0 Å². The zero-order valence-electron chi connectivity index (χ0n) is 9.42. The summed E-state index contributed by atoms with van der Waals surface area (Å²) in [5.41, 5.74) is -0.532. The SMILES string of the molecule is COC1(C(=O)N2CCCC2)CCNCC1. The molecule has 0 aromatic rings. The van der Waals surface area contributed by atoms with Crippen LogP contribution in [0.5, 0.6) is 0 Å². The predicted octanol–water partition coefficient (Wildman–Crippen LogP) is 0.377. The smallest absolute Gasteiger partial charge is 0.254 e. The lowest BCUT2D eigenvalue weighted by atomic mass is 9.90. The molecule has 0 aromatic carbocycles. The van der Waals surface area contributed by atoms with E-state index in [4.69, 9.17) is 4.74 Å². The number of ether oxygens (including phenoxy) is 1. The Morgan fingerprint density at radius 3 is 2.40 bits per heavy atom. The monoisotopic (exact) mass is 212 g/mol. The summed E-state index contributed by atoms with van der Waals surface area (Å²) >= 11 is 0. The number of nitrogens with one attached hydrogen (secondary N) is 1. The van der Waals surface area contributed by atoms with E-state index in [2.05, 4.69) is 5.32 Å². The first-order valence-corrected chi connectivity index (χ1v) is 5.84. The number of carbonyl (C=O) groups is 1. The molecule has 2 rings (SSSR count). The van der Waals surface area contributed by atoms with Crippen LogP contribution in [-0.2, 0) is 9.53 Å². The average molecular weight is 212 g/mol. The summed E-state index contributed by atoms with van der Waals surface area (Å²) < 4.78 is 5.52. The van der Waals surface area contributed by atoms with Gasteiger partial charge in [-0.15, -0.1) is 0 Å². The molecular formula is C11H20N2O2. The highest BCUT2D eigenvalue weighted by Crippen LogP contribution is 2.26. The lowest BCUT2D eigenvalue weighted by Gasteiger charge is -2.37. The third kappa shape index (κ3) is 2.01. The van der Waals surface area contributed by atoms with Crippen molar-refractivity contribution in [2.45, 2.75) is 31.3 Å². The Kier molecular flexibility index (Phi) is 3.26. The maximum atomic E-state index is 12.3. The number of nitrogens with zero attached hydrogens (tertiary/aromatic N) is 1. The zero-order chi connectivity index (χ0) is 10.7. The van der Waals surface area contributed by atoms with Crippen molar-refractivity contribution in [3.05, 3.63) is 0 Å². The van der Waals surface area contributed by atoms with E-state index in [1.165, 1.54) is 0 Å². The Morgan fingerprint density at radius 2 is 1.87 bits per heavy atom. The molecule has 2 aliphatic heterocycles. The van der Waals surface area contributed by atoms with Crippen molar-refractivity contribution in [1.29, 1.82) is 0 Å². The van der Waals surface area contributed by atoms with Gasteiger partial charge >= 0.3 is 0 Å². The number of hydrogen-bond donors (Lipinski definition) is 1. The molecule has 2 fully saturated rings. The Bertz CT molecular complexity index is 231. The van der Waals surface area contributed by atoms with Crippen LogP contribution < -0.4 is 5.32 Å². The fraction of sp³-hybridized carbons (Fsp3) is 0.909. The summed E-state index contributed by atoms with van der Waals surface area (Å²) in [6.07, 6.45) is 3.89. The molecule has 0 atom stereocenters. The minimum Gasteiger partial charge on any atom is -0.368 e. The van der Waals surface area contributed by atoms with Crippen molar-refractivity contribution < 1.29 is 9.53 Å². The maximum absolute atomic E-state index is 12.3. The number of likely N-dealkylation sites (tertiary alicyclic amines) is 1. The fourth-order valence-corrected chi connectivity index (χ4v) is 2.54. The molecule has 15 heavy (non-hydrogen) atoms. The molecule has 86 valence electrons. The minimum absolute atomic E-state index is 0.212. The van der Waals surface area contributed by atoms with Gasteiger partial charge in [0.05, 0.1) is 0 Å². The van der Waals surface area contributed by atoms with Crippen molar-refractivity contribution in [3.8, 4) is 0 Å². The molecule has 2 aliphatic rings. The molecule has 0 unspecified atom stereocenters. The Labute approximate surface area is 91.0 Å². The summed E-state index contributed by atoms with van der Waals surface area (Å²) in [6, 6.07) is 0. The Balaban J connectivity index is 2.06. The highest BCUT2D eigenvalue weighted by Gasteiger charge is 2.42. The van der Waals surface area contributed by atoms with Gasteiger partial charge in [0.15, 0.2) is 0 Å². The average Bonchev–Trinajstić information content (AvgIpc) is 2.82. The molecule has 0 spiro atoms. The van der Waals surface area contributed by atoms with Crippen LogP contribution in [0.25, 0.3) is 0 Å². The molecule has 0 bridgehead atoms. The van der Waals surface area contributed by atoms with Gasteiger partial charge in [-0.3, -0.25) is 4.79 Å². The number of methoxy groups -OCH3 is 1. The predicted molar refractivity (Wildman–Crippen MR) is 57.7 cm³/mol. The zero-order valence-corrected chi connectivity index (χ0v) is 9.42. The first-order chi connectivity index (χ1) is 7.28. The lowest BCUT2D eigenvalue weighted by molar-refractivity contribution is -0.157. The van der Waals surface area contributed by atoms with Crippen LogP contribution in [0.2, 0.25) is 0 Å². The summed E-state index contributed by atoms with van der Waals surface area (Å²) in [5, 5.41) is 3.27. The molecule has 4 heteroatoms. The van der Waals surface area contributed by atoms with Crippen LogP contribution in [0.1, 0.15) is 25.7 Å². The van der Waals surface area contributed by atoms with Crippen molar-refractivity contribution in [3.63, 3.8) is 0 Å². The Hall–Kier alpha value is -0.610. The summed E-state index contributed by atoms with van der Waals surface area (Å²) in [7, 11) is 1.67. The highest BCUT2D eigenvalue weighted by molar-refractivity contribution is 5.85. The topological polar surface area (TPSA) is 41.6 Å². The number of rotatable bonds is 2. The molecule has 1 N–H and O–H groups in total. The van der Waals surface area contributed by atoms with Crippen LogP contribution in [0.3, 0.4) is 0 Å². The first-order valence-electron chi connectivity index (χ1n) is 5.84. The van der Waals surface area contributed by atoms with Gasteiger partial charge in [-0.25, -0.2) is 0 Å². The molecule has 4 nitrogen and oxygen atoms in total. The summed E-state index contributed by atoms with van der Waals surface area (Å²) in [4.78, 5) is 14.3. The van der Waals surface area contributed by atoms with Crippen LogP contribution in [0, 0.1) is 0 Å². The van der Waals surface area contributed by atoms with Gasteiger partial charge in [-0.05, 0) is 38.8 Å². The number of amides is 1. The van der Waals surface area contributed by atoms with Crippen LogP contribution in [-0.4, -0.2) is 49.7 Å². The molecule has 1 amide bonds. The number of carbonyl (C=O) groups excluding carboxylic acids is 1. The second-order valence-electron chi connectivity index (χ2n) is 4.45. The maximum Gasteiger partial charge on any atom is 0.254 e. The molecule has 0 radical (unpaired) electrons. The van der Waals surface area contributed by atoms with Crippen molar-refractivity contribution in [2.75, 3.05) is 33.3 Å². The van der Waals surface area contributed by atoms with Crippen LogP contribution >= 0.6 is 0 Å². The standard InChI is InChI=1S/C11H20N2O2/c1-15-11(4-6-12-7-5-11)10(14)13-8-2-3-9-13/h12H,2-9H2,1H3. The van der Waals surface area contributed by atoms with Crippen molar-refractivity contribution >= 4 is 5.91 Å². The summed E-state index contributed by atoms with van der Waals surface area (Å²) in [6.45, 7) is 3.59. The highest BCUT2D eigenvalue weighted by atomic mass is 16.5. The van der Waals surface area contributed by atoms with Gasteiger partial charge in [0.1, 0.15) is 5.60 Å². The van der Waals surface area contributed by atoms with Gasteiger partial charge in [0.2, 0.25) is 0 Å². The van der Waals surface area contributed by atoms with Gasteiger partial charge in [0.25, 0.3) is 5.91 Å². The minimum atomic E-state index is -0.532. The van der Waals surface area contributed by atoms with Gasteiger partial charge in [0, 0.05) is 20.2 Å². The van der Waals surface area contributed by atoms with E-state index in [0.717, 1.165) is 51.9 Å². The molecular weight excluding hydrogens is 192 g/mol. The molecule has 2 saturated heterocycles. The van der Waals surface area contributed by atoms with Crippen molar-refractivity contribution in [1.82, 2.24) is 10.2 Å². The fourth-order valence-electron chi connectivity index (χ4n) is 2.54. The number of hydrogen-bond acceptors (Lipinski definition) is 3. The van der Waals surface area contributed by atoms with Crippen LogP contribution in [0.4, 0.5) is 0 Å². The normalized spacial score (nSPS) is 25.5. The third-order valence-corrected chi connectivity index (χ3v) is 3.59. The Morgan fingerprint density at radius 1 is 1.27 bits per heavy atom. The van der Waals surface area contributed by atoms with E-state index in [1.54, 1.807) is 7.11 Å². The van der Waals surface area contributed by atoms with E-state index in [0.29, 0.717) is 0 Å². The number of piperidine rings is 1. The third-order valence-electron chi connectivity index (χ3n) is 3.59. The quantitative estimate of drug-likeness (QED) is 0.719. The second kappa shape index (κ2) is 4.49. The van der Waals surface area contributed by atoms with E-state index < -0.39 is 5.60 Å². The largest absolute Gasteiger partial charge is 0.368 e. The van der Waals surface area contributed by atoms with E-state index in [1.807, 2.05) is 4.90 Å². The van der Waals surface area contributed by atoms with E-state index >= 15 is 0 Å². The molecule has 2 heterocycles. The van der Waals surface area contributed by atoms with E-state index in [9.17, 15) is 4.79 Å². The second-order valence-corrected chi connectivity index (χ2v) is 4.45. The van der Waals surface area contributed by atoms with Crippen LogP contribution in [0.15, 0.2) is 0 Å². The van der Waals surface area contributed by atoms with Gasteiger partial charge in [-0.2, -0.15) is 0 Å². The van der Waals surface area contributed by atoms with E-state index in [-0.39, 0.29) is 5.91 Å². The molecule has 0 aliphatic carbocycles. The summed E-state index contributed by atoms with van der Waals surface area (Å²) in [5.74, 6) is 0.212. The molecule has 0 saturated carbocycles. The molecule has 0 aromatic heterocycles.